The fourth-order valence-corrected chi connectivity index (χ4v) is 2.57. The second-order valence-electron chi connectivity index (χ2n) is 6.14. The van der Waals surface area contributed by atoms with Gasteiger partial charge in [-0.25, -0.2) is 9.97 Å². The van der Waals surface area contributed by atoms with E-state index in [1.165, 1.54) is 0 Å². The number of primary amides is 1. The standard InChI is InChI=1S/C15H14F3N3O.C4H9NO2/c16-15(17,18)14-19-9-13(10-20-14)22-12-5-3-4-11(8-12)21-6-1-2-7-21;1-2-7-3-4(5)6/h3-5,8-10H,1-2,6-7H2;2-3H2,1H3,(H2,5,6). The molecule has 1 aliphatic rings. The number of carbonyl (C=O) groups excluding carboxylic acids is 1. The van der Waals surface area contributed by atoms with E-state index >= 15 is 0 Å². The van der Waals surface area contributed by atoms with Crippen molar-refractivity contribution < 1.29 is 27.4 Å². The Bertz CT molecular complexity index is 779. The van der Waals surface area contributed by atoms with Crippen LogP contribution in [0.2, 0.25) is 0 Å². The van der Waals surface area contributed by atoms with Gasteiger partial charge in [0.2, 0.25) is 11.7 Å². The minimum absolute atomic E-state index is 0.0382. The van der Waals surface area contributed by atoms with Gasteiger partial charge < -0.3 is 20.1 Å². The molecule has 0 atom stereocenters. The number of carbonyl (C=O) groups is 1. The van der Waals surface area contributed by atoms with Crippen molar-refractivity contribution in [2.45, 2.75) is 25.9 Å². The number of hydrogen-bond donors (Lipinski definition) is 1. The molecule has 2 N–H and O–H groups in total. The molecule has 1 aromatic heterocycles. The Kier molecular flexibility index (Phi) is 8.20. The highest BCUT2D eigenvalue weighted by Gasteiger charge is 2.34. The van der Waals surface area contributed by atoms with Gasteiger partial charge in [-0.1, -0.05) is 6.07 Å². The fourth-order valence-electron chi connectivity index (χ4n) is 2.57. The third kappa shape index (κ3) is 7.57. The van der Waals surface area contributed by atoms with Gasteiger partial charge in [0.1, 0.15) is 12.4 Å². The molecule has 10 heteroatoms. The van der Waals surface area contributed by atoms with Gasteiger partial charge in [-0.2, -0.15) is 13.2 Å². The highest BCUT2D eigenvalue weighted by molar-refractivity contribution is 5.74. The molecule has 1 aliphatic heterocycles. The first kappa shape index (κ1) is 22.4. The molecule has 3 rings (SSSR count). The van der Waals surface area contributed by atoms with Crippen molar-refractivity contribution in [1.82, 2.24) is 9.97 Å². The van der Waals surface area contributed by atoms with Crippen LogP contribution in [0, 0.1) is 0 Å². The topological polar surface area (TPSA) is 90.6 Å². The van der Waals surface area contributed by atoms with Gasteiger partial charge in [-0.3, -0.25) is 4.79 Å². The van der Waals surface area contributed by atoms with Gasteiger partial charge in [-0.05, 0) is 31.9 Å². The van der Waals surface area contributed by atoms with E-state index in [9.17, 15) is 18.0 Å². The molecule has 1 saturated heterocycles. The van der Waals surface area contributed by atoms with Gasteiger partial charge in [0, 0.05) is 31.5 Å². The molecule has 1 fully saturated rings. The molecule has 158 valence electrons. The summed E-state index contributed by atoms with van der Waals surface area (Å²) in [5, 5.41) is 0. The maximum absolute atomic E-state index is 12.4. The van der Waals surface area contributed by atoms with Crippen LogP contribution < -0.4 is 15.4 Å². The Morgan fingerprint density at radius 3 is 2.34 bits per heavy atom. The molecule has 2 heterocycles. The molecule has 0 saturated carbocycles. The summed E-state index contributed by atoms with van der Waals surface area (Å²) in [5.74, 6) is -0.869. The first-order valence-corrected chi connectivity index (χ1v) is 9.07. The summed E-state index contributed by atoms with van der Waals surface area (Å²) in [6.45, 7) is 4.40. The normalized spacial score (nSPS) is 13.6. The highest BCUT2D eigenvalue weighted by Crippen LogP contribution is 2.29. The van der Waals surface area contributed by atoms with E-state index < -0.39 is 17.9 Å². The molecule has 0 unspecified atom stereocenters. The average Bonchev–Trinajstić information content (AvgIpc) is 3.22. The predicted molar refractivity (Wildman–Crippen MR) is 101 cm³/mol. The molecule has 0 spiro atoms. The van der Waals surface area contributed by atoms with Crippen LogP contribution in [0.15, 0.2) is 36.7 Å². The number of ether oxygens (including phenoxy) is 2. The largest absolute Gasteiger partial charge is 0.454 e. The lowest BCUT2D eigenvalue weighted by molar-refractivity contribution is -0.145. The molecule has 1 amide bonds. The van der Waals surface area contributed by atoms with E-state index in [0.29, 0.717) is 12.4 Å². The smallest absolute Gasteiger partial charge is 0.451 e. The number of benzene rings is 1. The van der Waals surface area contributed by atoms with Crippen molar-refractivity contribution >= 4 is 11.6 Å². The van der Waals surface area contributed by atoms with Crippen LogP contribution in [0.3, 0.4) is 0 Å². The monoisotopic (exact) mass is 412 g/mol. The van der Waals surface area contributed by atoms with E-state index in [1.54, 1.807) is 6.07 Å². The van der Waals surface area contributed by atoms with Crippen LogP contribution in [0.4, 0.5) is 18.9 Å². The molecular formula is C19H23F3N4O3. The van der Waals surface area contributed by atoms with Gasteiger partial charge in [0.15, 0.2) is 5.75 Å². The van der Waals surface area contributed by atoms with Crippen LogP contribution >= 0.6 is 0 Å². The van der Waals surface area contributed by atoms with E-state index in [-0.39, 0.29) is 12.4 Å². The molecule has 29 heavy (non-hydrogen) atoms. The van der Waals surface area contributed by atoms with Crippen LogP contribution in [0.1, 0.15) is 25.6 Å². The molecule has 0 bridgehead atoms. The molecule has 0 aliphatic carbocycles. The number of rotatable bonds is 6. The maximum Gasteiger partial charge on any atom is 0.451 e. The van der Waals surface area contributed by atoms with Crippen LogP contribution in [0.5, 0.6) is 11.5 Å². The first-order chi connectivity index (χ1) is 13.8. The van der Waals surface area contributed by atoms with Gasteiger partial charge in [0.25, 0.3) is 0 Å². The molecule has 0 radical (unpaired) electrons. The van der Waals surface area contributed by atoms with Crippen molar-refractivity contribution in [2.24, 2.45) is 5.73 Å². The highest BCUT2D eigenvalue weighted by atomic mass is 19.4. The van der Waals surface area contributed by atoms with Gasteiger partial charge in [0.05, 0.1) is 12.4 Å². The first-order valence-electron chi connectivity index (χ1n) is 9.07. The Hall–Kier alpha value is -2.88. The predicted octanol–water partition coefficient (Wildman–Crippen LogP) is 3.40. The number of halogens is 3. The van der Waals surface area contributed by atoms with Gasteiger partial charge in [-0.15, -0.1) is 0 Å². The Morgan fingerprint density at radius 1 is 1.17 bits per heavy atom. The number of aromatic nitrogens is 2. The quantitative estimate of drug-likeness (QED) is 0.782. The molecule has 2 aromatic rings. The SMILES string of the molecule is CCOCC(N)=O.FC(F)(F)c1ncc(Oc2cccc(N3CCCC3)c2)cn1. The van der Waals surface area contributed by atoms with Crippen LogP contribution in [0.25, 0.3) is 0 Å². The third-order valence-corrected chi connectivity index (χ3v) is 3.85. The zero-order valence-corrected chi connectivity index (χ0v) is 16.0. The summed E-state index contributed by atoms with van der Waals surface area (Å²) < 4.78 is 47.3. The number of anilines is 1. The number of hydrogen-bond acceptors (Lipinski definition) is 6. The lowest BCUT2D eigenvalue weighted by Crippen LogP contribution is -2.17. The number of alkyl halides is 3. The fraction of sp³-hybridized carbons (Fsp3) is 0.421. The van der Waals surface area contributed by atoms with E-state index in [2.05, 4.69) is 19.6 Å². The summed E-state index contributed by atoms with van der Waals surface area (Å²) in [6.07, 6.45) is -0.166. The molecule has 1 aromatic carbocycles. The zero-order valence-electron chi connectivity index (χ0n) is 16.0. The second-order valence-corrected chi connectivity index (χ2v) is 6.14. The van der Waals surface area contributed by atoms with Crippen molar-refractivity contribution in [1.29, 1.82) is 0 Å². The van der Waals surface area contributed by atoms with Crippen molar-refractivity contribution in [3.63, 3.8) is 0 Å². The van der Waals surface area contributed by atoms with Crippen molar-refractivity contribution in [3.8, 4) is 11.5 Å². The van der Waals surface area contributed by atoms with E-state index in [0.717, 1.165) is 44.0 Å². The van der Waals surface area contributed by atoms with Gasteiger partial charge >= 0.3 is 6.18 Å². The summed E-state index contributed by atoms with van der Waals surface area (Å²) in [5.41, 5.74) is 5.76. The Balaban J connectivity index is 0.000000370. The Morgan fingerprint density at radius 2 is 1.83 bits per heavy atom. The van der Waals surface area contributed by atoms with Crippen molar-refractivity contribution in [3.05, 3.63) is 42.5 Å². The van der Waals surface area contributed by atoms with E-state index in [1.807, 2.05) is 25.1 Å². The average molecular weight is 412 g/mol. The maximum atomic E-state index is 12.4. The molecular weight excluding hydrogens is 389 g/mol. The number of nitrogens with zero attached hydrogens (tertiary/aromatic N) is 3. The minimum atomic E-state index is -4.55. The summed E-state index contributed by atoms with van der Waals surface area (Å²) in [4.78, 5) is 18.7. The summed E-state index contributed by atoms with van der Waals surface area (Å²) in [6, 6.07) is 7.45. The zero-order chi connectivity index (χ0) is 21.3. The molecule has 7 nitrogen and oxygen atoms in total. The lowest BCUT2D eigenvalue weighted by Gasteiger charge is -2.18. The number of nitrogens with two attached hydrogens (primary N) is 1. The summed E-state index contributed by atoms with van der Waals surface area (Å²) in [7, 11) is 0. The minimum Gasteiger partial charge on any atom is -0.454 e. The van der Waals surface area contributed by atoms with Crippen LogP contribution in [-0.4, -0.2) is 42.2 Å². The second kappa shape index (κ2) is 10.6. The third-order valence-electron chi connectivity index (χ3n) is 3.85. The summed E-state index contributed by atoms with van der Waals surface area (Å²) >= 11 is 0. The Labute approximate surface area is 166 Å². The van der Waals surface area contributed by atoms with E-state index in [4.69, 9.17) is 10.5 Å². The number of amides is 1. The van der Waals surface area contributed by atoms with Crippen molar-refractivity contribution in [2.75, 3.05) is 31.2 Å². The lowest BCUT2D eigenvalue weighted by atomic mass is 10.3. The van der Waals surface area contributed by atoms with Crippen LogP contribution in [-0.2, 0) is 15.7 Å².